The van der Waals surface area contributed by atoms with Gasteiger partial charge < -0.3 is 14.4 Å². The van der Waals surface area contributed by atoms with Crippen molar-refractivity contribution >= 4 is 6.09 Å². The highest BCUT2D eigenvalue weighted by atomic mass is 16.6. The number of likely N-dealkylation sites (tertiary alicyclic amines) is 1. The Kier molecular flexibility index (Phi) is 4.16. The molecule has 110 valence electrons. The average molecular weight is 278 g/mol. The van der Waals surface area contributed by atoms with Crippen LogP contribution in [0.3, 0.4) is 0 Å². The van der Waals surface area contributed by atoms with Crippen molar-refractivity contribution in [2.45, 2.75) is 45.8 Å². The van der Waals surface area contributed by atoms with Crippen molar-refractivity contribution in [1.29, 1.82) is 0 Å². The van der Waals surface area contributed by atoms with E-state index in [2.05, 4.69) is 4.98 Å². The molecule has 0 spiro atoms. The average Bonchev–Trinajstić information content (AvgIpc) is 2.24. The molecule has 0 aliphatic carbocycles. The van der Waals surface area contributed by atoms with Gasteiger partial charge in [-0.2, -0.15) is 0 Å². The van der Waals surface area contributed by atoms with Crippen LogP contribution in [0.15, 0.2) is 18.5 Å². The first-order chi connectivity index (χ1) is 9.35. The minimum atomic E-state index is -0.460. The molecule has 1 saturated heterocycles. The second kappa shape index (κ2) is 5.69. The first-order valence-electron chi connectivity index (χ1n) is 6.89. The van der Waals surface area contributed by atoms with E-state index in [0.717, 1.165) is 24.3 Å². The summed E-state index contributed by atoms with van der Waals surface area (Å²) in [5.41, 5.74) is 0.596. The number of amides is 1. The van der Waals surface area contributed by atoms with Gasteiger partial charge in [0.15, 0.2) is 0 Å². The lowest BCUT2D eigenvalue weighted by atomic mass is 10.1. The number of hydrogen-bond donors (Lipinski definition) is 0. The SMILES string of the molecule is Cc1cncc(OCC2CCN2C(=O)OC(C)(C)C)c1. The summed E-state index contributed by atoms with van der Waals surface area (Å²) in [5.74, 6) is 0.737. The van der Waals surface area contributed by atoms with Crippen LogP contribution in [0.1, 0.15) is 32.8 Å². The molecule has 1 amide bonds. The Bertz CT molecular complexity index is 482. The molecule has 5 nitrogen and oxygen atoms in total. The van der Waals surface area contributed by atoms with E-state index in [4.69, 9.17) is 9.47 Å². The summed E-state index contributed by atoms with van der Waals surface area (Å²) < 4.78 is 11.1. The maximum Gasteiger partial charge on any atom is 0.410 e. The molecule has 0 saturated carbocycles. The predicted octanol–water partition coefficient (Wildman–Crippen LogP) is 2.78. The van der Waals surface area contributed by atoms with E-state index >= 15 is 0 Å². The second-order valence-corrected chi connectivity index (χ2v) is 6.13. The molecule has 0 N–H and O–H groups in total. The van der Waals surface area contributed by atoms with Crippen molar-refractivity contribution < 1.29 is 14.3 Å². The zero-order valence-corrected chi connectivity index (χ0v) is 12.5. The summed E-state index contributed by atoms with van der Waals surface area (Å²) in [7, 11) is 0. The van der Waals surface area contributed by atoms with Gasteiger partial charge in [0.1, 0.15) is 18.0 Å². The topological polar surface area (TPSA) is 51.7 Å². The van der Waals surface area contributed by atoms with Crippen LogP contribution in [0, 0.1) is 6.92 Å². The molecule has 1 aromatic heterocycles. The summed E-state index contributed by atoms with van der Waals surface area (Å²) in [6.45, 7) is 8.79. The summed E-state index contributed by atoms with van der Waals surface area (Å²) in [4.78, 5) is 17.7. The third-order valence-corrected chi connectivity index (χ3v) is 3.06. The molecule has 0 bridgehead atoms. The molecular weight excluding hydrogens is 256 g/mol. The molecule has 1 fully saturated rings. The minimum absolute atomic E-state index is 0.0883. The van der Waals surface area contributed by atoms with Crippen LogP contribution in [0.25, 0.3) is 0 Å². The first kappa shape index (κ1) is 14.6. The number of hydrogen-bond acceptors (Lipinski definition) is 4. The first-order valence-corrected chi connectivity index (χ1v) is 6.89. The molecule has 5 heteroatoms. The largest absolute Gasteiger partial charge is 0.490 e. The fraction of sp³-hybridized carbons (Fsp3) is 0.600. The van der Waals surface area contributed by atoms with Gasteiger partial charge in [-0.15, -0.1) is 0 Å². The van der Waals surface area contributed by atoms with Crippen molar-refractivity contribution in [1.82, 2.24) is 9.88 Å². The number of carbonyl (C=O) groups is 1. The summed E-state index contributed by atoms with van der Waals surface area (Å²) in [5, 5.41) is 0. The summed E-state index contributed by atoms with van der Waals surface area (Å²) >= 11 is 0. The van der Waals surface area contributed by atoms with Crippen molar-refractivity contribution in [3.63, 3.8) is 0 Å². The monoisotopic (exact) mass is 278 g/mol. The number of nitrogens with zero attached hydrogens (tertiary/aromatic N) is 2. The Morgan fingerprint density at radius 3 is 2.75 bits per heavy atom. The highest BCUT2D eigenvalue weighted by Gasteiger charge is 2.35. The maximum atomic E-state index is 12.0. The molecule has 0 aromatic carbocycles. The van der Waals surface area contributed by atoms with Gasteiger partial charge in [0.2, 0.25) is 0 Å². The lowest BCUT2D eigenvalue weighted by Crippen LogP contribution is -2.55. The summed E-state index contributed by atoms with van der Waals surface area (Å²) in [6.07, 6.45) is 4.14. The van der Waals surface area contributed by atoms with Gasteiger partial charge in [0.25, 0.3) is 0 Å². The molecule has 0 radical (unpaired) electrons. The molecule has 1 atom stereocenters. The quantitative estimate of drug-likeness (QED) is 0.853. The third kappa shape index (κ3) is 3.85. The molecule has 1 unspecified atom stereocenters. The maximum absolute atomic E-state index is 12.0. The second-order valence-electron chi connectivity index (χ2n) is 6.13. The van der Waals surface area contributed by atoms with Crippen LogP contribution in [-0.4, -0.2) is 40.8 Å². The van der Waals surface area contributed by atoms with Crippen LogP contribution >= 0.6 is 0 Å². The fourth-order valence-corrected chi connectivity index (χ4v) is 1.97. The van der Waals surface area contributed by atoms with Gasteiger partial charge in [-0.1, -0.05) is 0 Å². The Morgan fingerprint density at radius 2 is 2.20 bits per heavy atom. The molecule has 2 heterocycles. The Morgan fingerprint density at radius 1 is 1.45 bits per heavy atom. The van der Waals surface area contributed by atoms with Crippen molar-refractivity contribution in [3.8, 4) is 5.75 Å². The Hall–Kier alpha value is -1.78. The Balaban J connectivity index is 1.84. The zero-order valence-electron chi connectivity index (χ0n) is 12.5. The van der Waals surface area contributed by atoms with E-state index < -0.39 is 5.60 Å². The predicted molar refractivity (Wildman–Crippen MR) is 75.8 cm³/mol. The summed E-state index contributed by atoms with van der Waals surface area (Å²) in [6, 6.07) is 2.02. The van der Waals surface area contributed by atoms with E-state index in [9.17, 15) is 4.79 Å². The third-order valence-electron chi connectivity index (χ3n) is 3.06. The molecule has 1 aliphatic rings. The van der Waals surface area contributed by atoms with E-state index in [1.165, 1.54) is 0 Å². The van der Waals surface area contributed by atoms with Gasteiger partial charge in [-0.25, -0.2) is 4.79 Å². The highest BCUT2D eigenvalue weighted by molar-refractivity contribution is 5.69. The smallest absolute Gasteiger partial charge is 0.410 e. The number of aromatic nitrogens is 1. The Labute approximate surface area is 119 Å². The standard InChI is InChI=1S/C15H22N2O3/c1-11-7-13(9-16-8-11)19-10-12-5-6-17(12)14(18)20-15(2,3)4/h7-9,12H,5-6,10H2,1-4H3. The molecular formula is C15H22N2O3. The van der Waals surface area contributed by atoms with Crippen molar-refractivity contribution in [2.24, 2.45) is 0 Å². The molecule has 1 aliphatic heterocycles. The number of carbonyl (C=O) groups excluding carboxylic acids is 1. The normalized spacial score (nSPS) is 18.4. The van der Waals surface area contributed by atoms with Gasteiger partial charge in [0, 0.05) is 12.7 Å². The fourth-order valence-electron chi connectivity index (χ4n) is 1.97. The minimum Gasteiger partial charge on any atom is -0.490 e. The lowest BCUT2D eigenvalue weighted by molar-refractivity contribution is -0.0141. The molecule has 1 aromatic rings. The van der Waals surface area contributed by atoms with E-state index in [-0.39, 0.29) is 12.1 Å². The number of ether oxygens (including phenoxy) is 2. The van der Waals surface area contributed by atoms with Crippen LogP contribution in [-0.2, 0) is 4.74 Å². The van der Waals surface area contributed by atoms with Crippen molar-refractivity contribution in [2.75, 3.05) is 13.2 Å². The lowest BCUT2D eigenvalue weighted by Gasteiger charge is -2.40. The van der Waals surface area contributed by atoms with Crippen LogP contribution in [0.4, 0.5) is 4.79 Å². The van der Waals surface area contributed by atoms with E-state index in [1.807, 2.05) is 33.8 Å². The van der Waals surface area contributed by atoms with Crippen LogP contribution < -0.4 is 4.74 Å². The van der Waals surface area contributed by atoms with Gasteiger partial charge >= 0.3 is 6.09 Å². The number of rotatable bonds is 3. The van der Waals surface area contributed by atoms with Gasteiger partial charge in [-0.3, -0.25) is 4.98 Å². The molecule has 20 heavy (non-hydrogen) atoms. The van der Waals surface area contributed by atoms with E-state index in [1.54, 1.807) is 17.3 Å². The van der Waals surface area contributed by atoms with E-state index in [0.29, 0.717) is 6.61 Å². The van der Waals surface area contributed by atoms with Crippen molar-refractivity contribution in [3.05, 3.63) is 24.0 Å². The van der Waals surface area contributed by atoms with Gasteiger partial charge in [-0.05, 0) is 45.7 Å². The van der Waals surface area contributed by atoms with Gasteiger partial charge in [0.05, 0.1) is 12.2 Å². The highest BCUT2D eigenvalue weighted by Crippen LogP contribution is 2.22. The zero-order chi connectivity index (χ0) is 14.8. The number of aryl methyl sites for hydroxylation is 1. The molecule has 2 rings (SSSR count). The van der Waals surface area contributed by atoms with Crippen LogP contribution in [0.2, 0.25) is 0 Å². The van der Waals surface area contributed by atoms with Crippen LogP contribution in [0.5, 0.6) is 5.75 Å². The number of pyridine rings is 1.